The summed E-state index contributed by atoms with van der Waals surface area (Å²) >= 11 is 1.31. The van der Waals surface area contributed by atoms with Crippen molar-refractivity contribution in [1.29, 1.82) is 0 Å². The largest absolute Gasteiger partial charge is 0.369 e. The highest BCUT2D eigenvalue weighted by Gasteiger charge is 2.12. The molecule has 2 N–H and O–H groups in total. The Kier molecular flexibility index (Phi) is 4.11. The maximum absolute atomic E-state index is 13.0. The number of hydrogen-bond donors (Lipinski definition) is 1. The number of halogens is 1. The molecular weight excluding hydrogens is 301 g/mol. The molecule has 6 heteroatoms. The highest BCUT2D eigenvalue weighted by molar-refractivity contribution is 7.99. The summed E-state index contributed by atoms with van der Waals surface area (Å²) in [5.41, 5.74) is 8.01. The van der Waals surface area contributed by atoms with Gasteiger partial charge in [0.25, 0.3) is 0 Å². The van der Waals surface area contributed by atoms with Crippen LogP contribution in [-0.2, 0) is 11.3 Å². The molecule has 0 saturated carbocycles. The molecule has 0 radical (unpaired) electrons. The van der Waals surface area contributed by atoms with Crippen LogP contribution in [0.5, 0.6) is 0 Å². The van der Waals surface area contributed by atoms with Crippen molar-refractivity contribution in [1.82, 2.24) is 9.55 Å². The Morgan fingerprint density at radius 3 is 2.64 bits per heavy atom. The van der Waals surface area contributed by atoms with Crippen LogP contribution in [0.25, 0.3) is 11.0 Å². The summed E-state index contributed by atoms with van der Waals surface area (Å²) < 4.78 is 15.0. The predicted octanol–water partition coefficient (Wildman–Crippen LogP) is 2.80. The van der Waals surface area contributed by atoms with Gasteiger partial charge in [-0.05, 0) is 29.8 Å². The fourth-order valence-corrected chi connectivity index (χ4v) is 2.98. The molecule has 0 aliphatic rings. The minimum absolute atomic E-state index is 0.173. The average Bonchev–Trinajstić information content (AvgIpc) is 2.85. The van der Waals surface area contributed by atoms with Gasteiger partial charge in [0.1, 0.15) is 5.82 Å². The maximum atomic E-state index is 13.0. The minimum Gasteiger partial charge on any atom is -0.369 e. The quantitative estimate of drug-likeness (QED) is 0.737. The normalized spacial score (nSPS) is 11.0. The molecule has 0 saturated heterocycles. The Bertz CT molecular complexity index is 814. The van der Waals surface area contributed by atoms with Crippen molar-refractivity contribution in [2.24, 2.45) is 5.73 Å². The van der Waals surface area contributed by atoms with Crippen LogP contribution in [0.4, 0.5) is 4.39 Å². The Morgan fingerprint density at radius 1 is 1.18 bits per heavy atom. The SMILES string of the molecule is NC(=O)CSc1nc2ccccc2n1Cc1ccc(F)cc1. The number of primary amides is 1. The smallest absolute Gasteiger partial charge is 0.227 e. The maximum Gasteiger partial charge on any atom is 0.227 e. The van der Waals surface area contributed by atoms with Crippen molar-refractivity contribution in [2.45, 2.75) is 11.7 Å². The summed E-state index contributed by atoms with van der Waals surface area (Å²) in [6.45, 7) is 0.557. The van der Waals surface area contributed by atoms with Crippen LogP contribution in [0.15, 0.2) is 53.7 Å². The van der Waals surface area contributed by atoms with Crippen molar-refractivity contribution in [3.8, 4) is 0 Å². The van der Waals surface area contributed by atoms with Gasteiger partial charge in [0, 0.05) is 0 Å². The number of imidazole rings is 1. The summed E-state index contributed by atoms with van der Waals surface area (Å²) in [7, 11) is 0. The predicted molar refractivity (Wildman–Crippen MR) is 85.2 cm³/mol. The lowest BCUT2D eigenvalue weighted by molar-refractivity contribution is -0.115. The van der Waals surface area contributed by atoms with Gasteiger partial charge >= 0.3 is 0 Å². The molecule has 3 aromatic rings. The summed E-state index contributed by atoms with van der Waals surface area (Å²) in [4.78, 5) is 15.6. The van der Waals surface area contributed by atoms with E-state index in [0.29, 0.717) is 6.54 Å². The molecule has 0 spiro atoms. The van der Waals surface area contributed by atoms with E-state index in [4.69, 9.17) is 5.73 Å². The number of hydrogen-bond acceptors (Lipinski definition) is 3. The molecule has 22 heavy (non-hydrogen) atoms. The number of aromatic nitrogens is 2. The van der Waals surface area contributed by atoms with Crippen molar-refractivity contribution < 1.29 is 9.18 Å². The fourth-order valence-electron chi connectivity index (χ4n) is 2.22. The van der Waals surface area contributed by atoms with Gasteiger partial charge in [-0.1, -0.05) is 36.0 Å². The number of carbonyl (C=O) groups is 1. The first-order valence-corrected chi connectivity index (χ1v) is 7.73. The van der Waals surface area contributed by atoms with Gasteiger partial charge in [-0.25, -0.2) is 9.37 Å². The summed E-state index contributed by atoms with van der Waals surface area (Å²) in [6, 6.07) is 14.1. The molecule has 1 amide bonds. The standard InChI is InChI=1S/C16H14FN3OS/c17-12-7-5-11(6-8-12)9-20-14-4-2-1-3-13(14)19-16(20)22-10-15(18)21/h1-8H,9-10H2,(H2,18,21). The van der Waals surface area contributed by atoms with E-state index in [-0.39, 0.29) is 17.5 Å². The van der Waals surface area contributed by atoms with Crippen LogP contribution in [0, 0.1) is 5.82 Å². The van der Waals surface area contributed by atoms with Gasteiger partial charge in [-0.15, -0.1) is 0 Å². The van der Waals surface area contributed by atoms with Crippen molar-refractivity contribution in [3.05, 3.63) is 59.9 Å². The molecule has 0 bridgehead atoms. The number of nitrogens with two attached hydrogens (primary N) is 1. The molecule has 0 aliphatic carbocycles. The number of benzene rings is 2. The van der Waals surface area contributed by atoms with Gasteiger partial charge < -0.3 is 10.3 Å². The molecule has 1 aromatic heterocycles. The number of carbonyl (C=O) groups excluding carboxylic acids is 1. The van der Waals surface area contributed by atoms with E-state index < -0.39 is 0 Å². The van der Waals surface area contributed by atoms with E-state index >= 15 is 0 Å². The summed E-state index contributed by atoms with van der Waals surface area (Å²) in [5, 5.41) is 0.726. The van der Waals surface area contributed by atoms with E-state index in [1.54, 1.807) is 12.1 Å². The molecule has 0 atom stereocenters. The first kappa shape index (κ1) is 14.6. The van der Waals surface area contributed by atoms with Crippen molar-refractivity contribution >= 4 is 28.7 Å². The van der Waals surface area contributed by atoms with E-state index in [9.17, 15) is 9.18 Å². The number of thioether (sulfide) groups is 1. The van der Waals surface area contributed by atoms with Crippen molar-refractivity contribution in [2.75, 3.05) is 5.75 Å². The molecule has 3 rings (SSSR count). The lowest BCUT2D eigenvalue weighted by Crippen LogP contribution is -2.14. The topological polar surface area (TPSA) is 60.9 Å². The van der Waals surface area contributed by atoms with E-state index in [0.717, 1.165) is 21.8 Å². The zero-order valence-electron chi connectivity index (χ0n) is 11.7. The third kappa shape index (κ3) is 3.12. The first-order valence-electron chi connectivity index (χ1n) is 6.74. The zero-order chi connectivity index (χ0) is 15.5. The third-order valence-corrected chi connectivity index (χ3v) is 4.22. The van der Waals surface area contributed by atoms with Gasteiger partial charge in [0.15, 0.2) is 5.16 Å². The Hall–Kier alpha value is -2.34. The second kappa shape index (κ2) is 6.19. The summed E-state index contributed by atoms with van der Waals surface area (Å²) in [5.74, 6) is -0.472. The Labute approximate surface area is 131 Å². The fraction of sp³-hybridized carbons (Fsp3) is 0.125. The van der Waals surface area contributed by atoms with Gasteiger partial charge in [-0.3, -0.25) is 4.79 Å². The molecule has 0 fully saturated rings. The minimum atomic E-state index is -0.384. The van der Waals surface area contributed by atoms with Crippen molar-refractivity contribution in [3.63, 3.8) is 0 Å². The number of fused-ring (bicyclic) bond motifs is 1. The lowest BCUT2D eigenvalue weighted by atomic mass is 10.2. The molecule has 112 valence electrons. The molecule has 4 nitrogen and oxygen atoms in total. The monoisotopic (exact) mass is 315 g/mol. The van der Waals surface area contributed by atoms with E-state index in [1.165, 1.54) is 23.9 Å². The van der Waals surface area contributed by atoms with Crippen LogP contribution in [-0.4, -0.2) is 21.2 Å². The van der Waals surface area contributed by atoms with Gasteiger partial charge in [0.05, 0.1) is 23.3 Å². The molecule has 1 heterocycles. The van der Waals surface area contributed by atoms with Gasteiger partial charge in [0.2, 0.25) is 5.91 Å². The van der Waals surface area contributed by atoms with E-state index in [2.05, 4.69) is 4.98 Å². The van der Waals surface area contributed by atoms with Crippen LogP contribution in [0.1, 0.15) is 5.56 Å². The molecule has 0 aliphatic heterocycles. The highest BCUT2D eigenvalue weighted by Crippen LogP contribution is 2.25. The molecule has 2 aromatic carbocycles. The lowest BCUT2D eigenvalue weighted by Gasteiger charge is -2.08. The van der Waals surface area contributed by atoms with Crippen LogP contribution >= 0.6 is 11.8 Å². The van der Waals surface area contributed by atoms with E-state index in [1.807, 2.05) is 28.8 Å². The zero-order valence-corrected chi connectivity index (χ0v) is 12.5. The van der Waals surface area contributed by atoms with Crippen LogP contribution < -0.4 is 5.73 Å². The Morgan fingerprint density at radius 2 is 1.91 bits per heavy atom. The number of rotatable bonds is 5. The second-order valence-electron chi connectivity index (χ2n) is 4.85. The number of amides is 1. The third-order valence-electron chi connectivity index (χ3n) is 3.22. The second-order valence-corrected chi connectivity index (χ2v) is 5.79. The summed E-state index contributed by atoms with van der Waals surface area (Å²) in [6.07, 6.45) is 0. The molecule has 0 unspecified atom stereocenters. The van der Waals surface area contributed by atoms with Crippen LogP contribution in [0.2, 0.25) is 0 Å². The number of nitrogens with zero attached hydrogens (tertiary/aromatic N) is 2. The van der Waals surface area contributed by atoms with Crippen LogP contribution in [0.3, 0.4) is 0 Å². The first-order chi connectivity index (χ1) is 10.6. The highest BCUT2D eigenvalue weighted by atomic mass is 32.2. The van der Waals surface area contributed by atoms with Gasteiger partial charge in [-0.2, -0.15) is 0 Å². The molecular formula is C16H14FN3OS. The Balaban J connectivity index is 1.99. The number of para-hydroxylation sites is 2. The average molecular weight is 315 g/mol.